The monoisotopic (exact) mass is 322 g/mol. The Morgan fingerprint density at radius 2 is 2.05 bits per heavy atom. The van der Waals surface area contributed by atoms with Gasteiger partial charge in [0.1, 0.15) is 16.9 Å². The molecule has 1 aromatic carbocycles. The molecule has 2 aromatic rings. The Kier molecular flexibility index (Phi) is 5.26. The molecular formula is C16H19FN2O2S. The summed E-state index contributed by atoms with van der Waals surface area (Å²) in [6.07, 6.45) is -0.512. The number of methoxy groups -OCH3 is 1. The van der Waals surface area contributed by atoms with Gasteiger partial charge < -0.3 is 10.1 Å². The van der Waals surface area contributed by atoms with Crippen molar-refractivity contribution in [2.24, 2.45) is 0 Å². The largest absolute Gasteiger partial charge is 0.372 e. The predicted molar refractivity (Wildman–Crippen MR) is 85.3 cm³/mol. The number of carbonyl (C=O) groups excluding carboxylic acids is 1. The molecule has 22 heavy (non-hydrogen) atoms. The second-order valence-corrected chi connectivity index (χ2v) is 6.09. The second-order valence-electron chi connectivity index (χ2n) is 5.06. The molecule has 0 bridgehead atoms. The number of nitrogens with zero attached hydrogens (tertiary/aromatic N) is 1. The van der Waals surface area contributed by atoms with E-state index in [1.54, 1.807) is 25.1 Å². The molecule has 6 heteroatoms. The Labute approximate surface area is 133 Å². The lowest BCUT2D eigenvalue weighted by Gasteiger charge is -2.16. The first-order valence-corrected chi connectivity index (χ1v) is 7.81. The summed E-state index contributed by atoms with van der Waals surface area (Å²) < 4.78 is 18.9. The van der Waals surface area contributed by atoms with Gasteiger partial charge in [0.25, 0.3) is 0 Å². The topological polar surface area (TPSA) is 51.2 Å². The van der Waals surface area contributed by atoms with Crippen LogP contribution in [0, 0.1) is 12.7 Å². The van der Waals surface area contributed by atoms with Gasteiger partial charge in [-0.3, -0.25) is 4.79 Å². The molecule has 0 radical (unpaired) electrons. The van der Waals surface area contributed by atoms with Gasteiger partial charge in [0.15, 0.2) is 0 Å². The van der Waals surface area contributed by atoms with Gasteiger partial charge in [-0.25, -0.2) is 9.37 Å². The molecule has 118 valence electrons. The van der Waals surface area contributed by atoms with E-state index in [0.29, 0.717) is 10.6 Å². The Morgan fingerprint density at radius 3 is 2.68 bits per heavy atom. The van der Waals surface area contributed by atoms with Crippen molar-refractivity contribution in [3.05, 3.63) is 40.7 Å². The van der Waals surface area contributed by atoms with E-state index in [4.69, 9.17) is 4.74 Å². The summed E-state index contributed by atoms with van der Waals surface area (Å²) in [5.74, 6) is -0.484. The van der Waals surface area contributed by atoms with E-state index < -0.39 is 6.10 Å². The Morgan fingerprint density at radius 1 is 1.36 bits per heavy atom. The van der Waals surface area contributed by atoms with Crippen molar-refractivity contribution in [1.82, 2.24) is 10.3 Å². The first-order chi connectivity index (χ1) is 10.4. The highest BCUT2D eigenvalue weighted by Gasteiger charge is 2.20. The number of thiazole rings is 1. The summed E-state index contributed by atoms with van der Waals surface area (Å²) >= 11 is 1.39. The van der Waals surface area contributed by atoms with Crippen molar-refractivity contribution in [3.8, 4) is 10.6 Å². The summed E-state index contributed by atoms with van der Waals surface area (Å²) in [7, 11) is 1.49. The molecule has 0 spiro atoms. The zero-order valence-electron chi connectivity index (χ0n) is 13.0. The molecular weight excluding hydrogens is 303 g/mol. The number of rotatable bonds is 5. The van der Waals surface area contributed by atoms with E-state index in [1.807, 2.05) is 13.8 Å². The lowest BCUT2D eigenvalue weighted by Crippen LogP contribution is -2.35. The van der Waals surface area contributed by atoms with Crippen molar-refractivity contribution in [3.63, 3.8) is 0 Å². The molecule has 0 aliphatic carbocycles. The van der Waals surface area contributed by atoms with Gasteiger partial charge in [0, 0.05) is 12.7 Å². The average molecular weight is 322 g/mol. The summed E-state index contributed by atoms with van der Waals surface area (Å²) in [5, 5.41) is 3.50. The molecule has 0 saturated carbocycles. The van der Waals surface area contributed by atoms with Crippen LogP contribution in [0.2, 0.25) is 0 Å². The lowest BCUT2D eigenvalue weighted by atomic mass is 10.2. The lowest BCUT2D eigenvalue weighted by molar-refractivity contribution is -0.130. The van der Waals surface area contributed by atoms with Gasteiger partial charge in [0.2, 0.25) is 5.91 Å². The van der Waals surface area contributed by atoms with Crippen LogP contribution in [-0.2, 0) is 9.53 Å². The second kappa shape index (κ2) is 6.98. The number of halogens is 1. The normalized spacial score (nSPS) is 13.7. The van der Waals surface area contributed by atoms with Gasteiger partial charge in [-0.2, -0.15) is 0 Å². The summed E-state index contributed by atoms with van der Waals surface area (Å²) in [6.45, 7) is 5.43. The standard InChI is InChI=1S/C16H19FN2O2S/c1-9(18-15(20)11(3)21-4)14-10(2)19-16(22-14)12-7-5-6-8-13(12)17/h5-9,11H,1-4H3,(H,18,20)/t9-,11-/m0/s1. The van der Waals surface area contributed by atoms with Crippen LogP contribution in [-0.4, -0.2) is 24.1 Å². The molecule has 1 amide bonds. The highest BCUT2D eigenvalue weighted by atomic mass is 32.1. The maximum atomic E-state index is 13.9. The van der Waals surface area contributed by atoms with Crippen molar-refractivity contribution < 1.29 is 13.9 Å². The fourth-order valence-electron chi connectivity index (χ4n) is 2.06. The third-order valence-corrected chi connectivity index (χ3v) is 4.78. The number of aromatic nitrogens is 1. The number of aryl methyl sites for hydroxylation is 1. The average Bonchev–Trinajstić information content (AvgIpc) is 2.88. The molecule has 4 nitrogen and oxygen atoms in total. The third kappa shape index (κ3) is 3.51. The Hall–Kier alpha value is -1.79. The quantitative estimate of drug-likeness (QED) is 0.917. The van der Waals surface area contributed by atoms with E-state index in [0.717, 1.165) is 10.6 Å². The maximum absolute atomic E-state index is 13.9. The first-order valence-electron chi connectivity index (χ1n) is 6.99. The maximum Gasteiger partial charge on any atom is 0.249 e. The van der Waals surface area contributed by atoms with E-state index in [9.17, 15) is 9.18 Å². The van der Waals surface area contributed by atoms with Gasteiger partial charge >= 0.3 is 0 Å². The summed E-state index contributed by atoms with van der Waals surface area (Å²) in [5.41, 5.74) is 1.27. The van der Waals surface area contributed by atoms with Gasteiger partial charge in [0.05, 0.1) is 16.6 Å². The van der Waals surface area contributed by atoms with Gasteiger partial charge in [-0.15, -0.1) is 11.3 Å². The number of hydrogen-bond acceptors (Lipinski definition) is 4. The van der Waals surface area contributed by atoms with Crippen LogP contribution in [0.4, 0.5) is 4.39 Å². The number of ether oxygens (including phenoxy) is 1. The molecule has 1 N–H and O–H groups in total. The molecule has 1 aromatic heterocycles. The summed E-state index contributed by atoms with van der Waals surface area (Å²) in [4.78, 5) is 17.2. The minimum Gasteiger partial charge on any atom is -0.372 e. The van der Waals surface area contributed by atoms with E-state index >= 15 is 0 Å². The Balaban J connectivity index is 2.23. The van der Waals surface area contributed by atoms with Crippen molar-refractivity contribution in [1.29, 1.82) is 0 Å². The SMILES string of the molecule is CO[C@@H](C)C(=O)N[C@@H](C)c1sc(-c2ccccc2F)nc1C. The van der Waals surface area contributed by atoms with E-state index in [1.165, 1.54) is 24.5 Å². The number of amides is 1. The molecule has 0 unspecified atom stereocenters. The van der Waals surface area contributed by atoms with Crippen molar-refractivity contribution in [2.45, 2.75) is 32.9 Å². The smallest absolute Gasteiger partial charge is 0.249 e. The number of hydrogen-bond donors (Lipinski definition) is 1. The minimum absolute atomic E-state index is 0.185. The zero-order chi connectivity index (χ0) is 16.3. The predicted octanol–water partition coefficient (Wildman–Crippen LogP) is 3.47. The fraction of sp³-hybridized carbons (Fsp3) is 0.375. The van der Waals surface area contributed by atoms with Crippen LogP contribution in [0.15, 0.2) is 24.3 Å². The number of carbonyl (C=O) groups is 1. The van der Waals surface area contributed by atoms with Crippen LogP contribution in [0.5, 0.6) is 0 Å². The third-order valence-electron chi connectivity index (χ3n) is 3.41. The minimum atomic E-state index is -0.512. The first kappa shape index (κ1) is 16.6. The van der Waals surface area contributed by atoms with Gasteiger partial charge in [-0.05, 0) is 32.9 Å². The van der Waals surface area contributed by atoms with Crippen LogP contribution in [0.25, 0.3) is 10.6 Å². The van der Waals surface area contributed by atoms with E-state index in [2.05, 4.69) is 10.3 Å². The number of nitrogens with one attached hydrogen (secondary N) is 1. The van der Waals surface area contributed by atoms with E-state index in [-0.39, 0.29) is 17.8 Å². The van der Waals surface area contributed by atoms with Gasteiger partial charge in [-0.1, -0.05) is 12.1 Å². The molecule has 0 saturated heterocycles. The molecule has 0 aliphatic heterocycles. The van der Waals surface area contributed by atoms with Crippen LogP contribution in [0.3, 0.4) is 0 Å². The molecule has 0 fully saturated rings. The molecule has 0 aliphatic rings. The number of benzene rings is 1. The highest BCUT2D eigenvalue weighted by Crippen LogP contribution is 2.32. The van der Waals surface area contributed by atoms with Crippen molar-refractivity contribution >= 4 is 17.2 Å². The summed E-state index contributed by atoms with van der Waals surface area (Å²) in [6, 6.07) is 6.34. The zero-order valence-corrected chi connectivity index (χ0v) is 13.8. The van der Waals surface area contributed by atoms with Crippen molar-refractivity contribution in [2.75, 3.05) is 7.11 Å². The highest BCUT2D eigenvalue weighted by molar-refractivity contribution is 7.15. The van der Waals surface area contributed by atoms with Crippen LogP contribution < -0.4 is 5.32 Å². The molecule has 1 heterocycles. The Bertz CT molecular complexity index is 672. The van der Waals surface area contributed by atoms with Crippen LogP contribution >= 0.6 is 11.3 Å². The molecule has 2 rings (SSSR count). The fourth-order valence-corrected chi connectivity index (χ4v) is 3.16. The molecule has 2 atom stereocenters. The van der Waals surface area contributed by atoms with Crippen LogP contribution in [0.1, 0.15) is 30.5 Å².